The Hall–Kier alpha value is -2.24. The molecule has 0 saturated carbocycles. The molecule has 3 aromatic heterocycles. The minimum absolute atomic E-state index is 0.771. The van der Waals surface area contributed by atoms with E-state index in [2.05, 4.69) is 53.2 Å². The van der Waals surface area contributed by atoms with E-state index in [1.807, 2.05) is 11.3 Å². The van der Waals surface area contributed by atoms with E-state index < -0.39 is 0 Å². The second-order valence-corrected chi connectivity index (χ2v) is 9.09. The molecule has 1 N–H and O–H groups in total. The standard InChI is InChI=1S/C22H21N3S2/c1-2-7-15(8-3-1)13-19-24-21(23-14-16-9-6-12-26-16)20-17-10-4-5-11-18(17)27-22(20)25-19/h1-3,6-9,12H,4-5,10-11,13-14H2,(H,23,24,25). The molecule has 0 unspecified atom stereocenters. The number of hydrogen-bond donors (Lipinski definition) is 1. The van der Waals surface area contributed by atoms with Crippen molar-refractivity contribution >= 4 is 38.7 Å². The molecule has 1 aliphatic rings. The fraction of sp³-hybridized carbons (Fsp3) is 0.273. The molecule has 27 heavy (non-hydrogen) atoms. The van der Waals surface area contributed by atoms with Gasteiger partial charge in [0.05, 0.1) is 11.9 Å². The summed E-state index contributed by atoms with van der Waals surface area (Å²) in [4.78, 5) is 13.9. The second kappa shape index (κ2) is 7.41. The van der Waals surface area contributed by atoms with E-state index in [-0.39, 0.29) is 0 Å². The summed E-state index contributed by atoms with van der Waals surface area (Å²) in [5, 5.41) is 7.01. The normalized spacial score (nSPS) is 13.6. The molecule has 0 saturated heterocycles. The maximum absolute atomic E-state index is 4.97. The molecule has 0 atom stereocenters. The fourth-order valence-electron chi connectivity index (χ4n) is 3.77. The Balaban J connectivity index is 1.56. The first kappa shape index (κ1) is 16.9. The van der Waals surface area contributed by atoms with Crippen molar-refractivity contribution in [3.8, 4) is 0 Å². The quantitative estimate of drug-likeness (QED) is 0.465. The Kier molecular flexibility index (Phi) is 4.64. The highest BCUT2D eigenvalue weighted by Crippen LogP contribution is 2.39. The Labute approximate surface area is 167 Å². The van der Waals surface area contributed by atoms with Crippen LogP contribution in [0.25, 0.3) is 10.2 Å². The summed E-state index contributed by atoms with van der Waals surface area (Å²) in [5.74, 6) is 1.92. The molecule has 136 valence electrons. The molecule has 3 nitrogen and oxygen atoms in total. The number of anilines is 1. The maximum atomic E-state index is 4.97. The highest BCUT2D eigenvalue weighted by molar-refractivity contribution is 7.19. The van der Waals surface area contributed by atoms with Crippen LogP contribution in [0.2, 0.25) is 0 Å². The van der Waals surface area contributed by atoms with E-state index in [4.69, 9.17) is 9.97 Å². The molecule has 0 radical (unpaired) electrons. The lowest BCUT2D eigenvalue weighted by molar-refractivity contribution is 0.700. The third kappa shape index (κ3) is 3.49. The molecule has 1 aromatic carbocycles. The summed E-state index contributed by atoms with van der Waals surface area (Å²) in [6, 6.07) is 14.8. The van der Waals surface area contributed by atoms with Gasteiger partial charge in [0, 0.05) is 16.2 Å². The van der Waals surface area contributed by atoms with Crippen molar-refractivity contribution in [3.63, 3.8) is 0 Å². The van der Waals surface area contributed by atoms with Gasteiger partial charge >= 0.3 is 0 Å². The number of benzene rings is 1. The van der Waals surface area contributed by atoms with Crippen LogP contribution in [-0.2, 0) is 25.8 Å². The predicted octanol–water partition coefficient (Wildman–Crippen LogP) is 5.83. The first-order chi connectivity index (χ1) is 13.4. The largest absolute Gasteiger partial charge is 0.365 e. The first-order valence-corrected chi connectivity index (χ1v) is 11.2. The SMILES string of the molecule is c1ccc(Cc2nc(NCc3cccs3)c3c4c(sc3n2)CCCC4)cc1. The summed E-state index contributed by atoms with van der Waals surface area (Å²) in [6.45, 7) is 0.819. The molecule has 0 spiro atoms. The van der Waals surface area contributed by atoms with Gasteiger partial charge in [-0.2, -0.15) is 0 Å². The molecule has 3 heterocycles. The monoisotopic (exact) mass is 391 g/mol. The van der Waals surface area contributed by atoms with E-state index in [0.29, 0.717) is 0 Å². The Morgan fingerprint density at radius 2 is 1.85 bits per heavy atom. The van der Waals surface area contributed by atoms with E-state index >= 15 is 0 Å². The molecule has 1 aliphatic carbocycles. The second-order valence-electron chi connectivity index (χ2n) is 6.97. The van der Waals surface area contributed by atoms with Crippen LogP contribution in [0, 0.1) is 0 Å². The first-order valence-electron chi connectivity index (χ1n) is 9.48. The Morgan fingerprint density at radius 3 is 2.70 bits per heavy atom. The van der Waals surface area contributed by atoms with Crippen LogP contribution in [0.15, 0.2) is 47.8 Å². The van der Waals surface area contributed by atoms with Crippen molar-refractivity contribution in [2.24, 2.45) is 0 Å². The van der Waals surface area contributed by atoms with Gasteiger partial charge in [-0.1, -0.05) is 36.4 Å². The Bertz CT molecular complexity index is 1050. The lowest BCUT2D eigenvalue weighted by atomic mass is 9.97. The third-order valence-corrected chi connectivity index (χ3v) is 7.14. The summed E-state index contributed by atoms with van der Waals surface area (Å²) >= 11 is 3.66. The van der Waals surface area contributed by atoms with Crippen LogP contribution in [0.4, 0.5) is 5.82 Å². The molecular formula is C22H21N3S2. The topological polar surface area (TPSA) is 37.8 Å². The van der Waals surface area contributed by atoms with Gasteiger partial charge in [0.1, 0.15) is 16.5 Å². The highest BCUT2D eigenvalue weighted by atomic mass is 32.1. The minimum atomic E-state index is 0.771. The van der Waals surface area contributed by atoms with Crippen LogP contribution in [0.5, 0.6) is 0 Å². The number of aryl methyl sites for hydroxylation is 2. The van der Waals surface area contributed by atoms with E-state index in [1.54, 1.807) is 11.3 Å². The smallest absolute Gasteiger partial charge is 0.139 e. The van der Waals surface area contributed by atoms with E-state index in [0.717, 1.165) is 35.9 Å². The average Bonchev–Trinajstić information content (AvgIpc) is 3.34. The van der Waals surface area contributed by atoms with Crippen LogP contribution in [0.3, 0.4) is 0 Å². The van der Waals surface area contributed by atoms with Gasteiger partial charge in [-0.05, 0) is 48.3 Å². The number of rotatable bonds is 5. The van der Waals surface area contributed by atoms with Crippen molar-refractivity contribution in [3.05, 3.63) is 74.6 Å². The molecule has 0 amide bonds. The van der Waals surface area contributed by atoms with Crippen molar-refractivity contribution in [2.45, 2.75) is 38.6 Å². The zero-order valence-corrected chi connectivity index (χ0v) is 16.7. The zero-order chi connectivity index (χ0) is 18.1. The minimum Gasteiger partial charge on any atom is -0.365 e. The molecule has 0 fully saturated rings. The zero-order valence-electron chi connectivity index (χ0n) is 15.1. The summed E-state index contributed by atoms with van der Waals surface area (Å²) in [7, 11) is 0. The van der Waals surface area contributed by atoms with Gasteiger partial charge in [-0.25, -0.2) is 9.97 Å². The number of aromatic nitrogens is 2. The molecule has 5 rings (SSSR count). The number of fused-ring (bicyclic) bond motifs is 3. The van der Waals surface area contributed by atoms with Crippen LogP contribution < -0.4 is 5.32 Å². The van der Waals surface area contributed by atoms with Crippen molar-refractivity contribution in [1.29, 1.82) is 0 Å². The summed E-state index contributed by atoms with van der Waals surface area (Å²) < 4.78 is 0. The summed E-state index contributed by atoms with van der Waals surface area (Å²) in [6.07, 6.45) is 5.68. The summed E-state index contributed by atoms with van der Waals surface area (Å²) in [5.41, 5.74) is 2.74. The lowest BCUT2D eigenvalue weighted by Crippen LogP contribution is -2.06. The van der Waals surface area contributed by atoms with Gasteiger partial charge in [-0.15, -0.1) is 22.7 Å². The van der Waals surface area contributed by atoms with E-state index in [1.165, 1.54) is 45.5 Å². The van der Waals surface area contributed by atoms with Gasteiger partial charge in [0.2, 0.25) is 0 Å². The number of nitrogens with zero attached hydrogens (tertiary/aromatic N) is 2. The average molecular weight is 392 g/mol. The van der Waals surface area contributed by atoms with Gasteiger partial charge < -0.3 is 5.32 Å². The lowest BCUT2D eigenvalue weighted by Gasteiger charge is -2.13. The fourth-order valence-corrected chi connectivity index (χ4v) is 5.70. The van der Waals surface area contributed by atoms with Gasteiger partial charge in [-0.3, -0.25) is 0 Å². The van der Waals surface area contributed by atoms with Gasteiger partial charge in [0.25, 0.3) is 0 Å². The maximum Gasteiger partial charge on any atom is 0.139 e. The van der Waals surface area contributed by atoms with Crippen LogP contribution in [0.1, 0.15) is 39.5 Å². The molecular weight excluding hydrogens is 370 g/mol. The molecule has 0 aliphatic heterocycles. The molecule has 4 aromatic rings. The van der Waals surface area contributed by atoms with Crippen molar-refractivity contribution in [2.75, 3.05) is 5.32 Å². The van der Waals surface area contributed by atoms with Crippen LogP contribution >= 0.6 is 22.7 Å². The number of hydrogen-bond acceptors (Lipinski definition) is 5. The number of nitrogens with one attached hydrogen (secondary N) is 1. The van der Waals surface area contributed by atoms with Gasteiger partial charge in [0.15, 0.2) is 0 Å². The Morgan fingerprint density at radius 1 is 0.963 bits per heavy atom. The van der Waals surface area contributed by atoms with Crippen molar-refractivity contribution < 1.29 is 0 Å². The molecule has 0 bridgehead atoms. The predicted molar refractivity (Wildman–Crippen MR) is 115 cm³/mol. The third-order valence-electron chi connectivity index (χ3n) is 5.08. The van der Waals surface area contributed by atoms with E-state index in [9.17, 15) is 0 Å². The highest BCUT2D eigenvalue weighted by Gasteiger charge is 2.21. The molecule has 5 heteroatoms. The van der Waals surface area contributed by atoms with Crippen LogP contribution in [-0.4, -0.2) is 9.97 Å². The van der Waals surface area contributed by atoms with Crippen molar-refractivity contribution in [1.82, 2.24) is 9.97 Å². The number of thiophene rings is 2.